The molecular formula is C18H18O2. The Balaban J connectivity index is 2.10. The first-order valence-corrected chi connectivity index (χ1v) is 6.67. The van der Waals surface area contributed by atoms with Crippen molar-refractivity contribution in [3.8, 4) is 17.6 Å². The highest BCUT2D eigenvalue weighted by Gasteiger charge is 2.02. The number of benzene rings is 2. The molecule has 0 heterocycles. The van der Waals surface area contributed by atoms with Crippen LogP contribution in [0.25, 0.3) is 0 Å². The molecule has 0 amide bonds. The van der Waals surface area contributed by atoms with Gasteiger partial charge in [0.2, 0.25) is 0 Å². The van der Waals surface area contributed by atoms with E-state index in [1.807, 2.05) is 55.5 Å². The van der Waals surface area contributed by atoms with Crippen molar-refractivity contribution in [1.82, 2.24) is 0 Å². The van der Waals surface area contributed by atoms with Gasteiger partial charge in [-0.25, -0.2) is 0 Å². The van der Waals surface area contributed by atoms with Gasteiger partial charge in [0.1, 0.15) is 12.4 Å². The molecule has 0 saturated heterocycles. The molecule has 2 heteroatoms. The maximum atomic E-state index is 8.77. The Morgan fingerprint density at radius 2 is 1.80 bits per heavy atom. The van der Waals surface area contributed by atoms with Crippen LogP contribution in [-0.2, 0) is 6.61 Å². The number of aliphatic hydroxyl groups excluding tert-OH is 1. The van der Waals surface area contributed by atoms with Crippen molar-refractivity contribution in [1.29, 1.82) is 0 Å². The Morgan fingerprint density at radius 3 is 2.60 bits per heavy atom. The van der Waals surface area contributed by atoms with Crippen molar-refractivity contribution >= 4 is 0 Å². The molecule has 0 radical (unpaired) electrons. The molecule has 2 aromatic rings. The molecule has 0 spiro atoms. The van der Waals surface area contributed by atoms with Crippen LogP contribution >= 0.6 is 0 Å². The van der Waals surface area contributed by atoms with Crippen LogP contribution in [0, 0.1) is 18.8 Å². The molecule has 2 nitrogen and oxygen atoms in total. The largest absolute Gasteiger partial charge is 0.489 e. The van der Waals surface area contributed by atoms with Crippen molar-refractivity contribution in [2.24, 2.45) is 0 Å². The number of rotatable bonds is 4. The van der Waals surface area contributed by atoms with E-state index in [1.54, 1.807) is 0 Å². The number of aliphatic hydroxyl groups is 1. The highest BCUT2D eigenvalue weighted by atomic mass is 16.5. The average Bonchev–Trinajstić information content (AvgIpc) is 2.48. The first-order chi connectivity index (χ1) is 9.81. The summed E-state index contributed by atoms with van der Waals surface area (Å²) in [5, 5.41) is 8.77. The quantitative estimate of drug-likeness (QED) is 0.860. The molecule has 0 saturated carbocycles. The first-order valence-electron chi connectivity index (χ1n) is 6.67. The summed E-state index contributed by atoms with van der Waals surface area (Å²) in [6, 6.07) is 15.9. The van der Waals surface area contributed by atoms with E-state index in [2.05, 4.69) is 11.8 Å². The summed E-state index contributed by atoms with van der Waals surface area (Å²) in [5.41, 5.74) is 3.13. The van der Waals surface area contributed by atoms with Gasteiger partial charge in [0.05, 0.1) is 6.61 Å². The molecule has 2 rings (SSSR count). The molecule has 0 atom stereocenters. The van der Waals surface area contributed by atoms with Crippen LogP contribution < -0.4 is 4.74 Å². The predicted molar refractivity (Wildman–Crippen MR) is 80.5 cm³/mol. The van der Waals surface area contributed by atoms with Crippen molar-refractivity contribution < 1.29 is 9.84 Å². The van der Waals surface area contributed by atoms with Crippen LogP contribution in [0.1, 0.15) is 23.1 Å². The lowest BCUT2D eigenvalue weighted by Gasteiger charge is -2.10. The van der Waals surface area contributed by atoms with Crippen molar-refractivity contribution in [3.05, 3.63) is 65.2 Å². The number of ether oxygens (including phenoxy) is 1. The minimum Gasteiger partial charge on any atom is -0.489 e. The lowest BCUT2D eigenvalue weighted by molar-refractivity contribution is 0.303. The number of para-hydroxylation sites is 1. The van der Waals surface area contributed by atoms with Crippen molar-refractivity contribution in [2.75, 3.05) is 6.61 Å². The predicted octanol–water partition coefficient (Wildman–Crippen LogP) is 3.31. The van der Waals surface area contributed by atoms with E-state index >= 15 is 0 Å². The minimum atomic E-state index is 0.0921. The molecular weight excluding hydrogens is 248 g/mol. The molecule has 0 bridgehead atoms. The van der Waals surface area contributed by atoms with Gasteiger partial charge in [-0.1, -0.05) is 48.2 Å². The molecule has 0 fully saturated rings. The van der Waals surface area contributed by atoms with E-state index in [1.165, 1.54) is 0 Å². The molecule has 0 aliphatic heterocycles. The second-order valence-corrected chi connectivity index (χ2v) is 4.49. The highest BCUT2D eigenvalue weighted by molar-refractivity contribution is 5.41. The average molecular weight is 266 g/mol. The topological polar surface area (TPSA) is 29.5 Å². The molecule has 0 aliphatic rings. The minimum absolute atomic E-state index is 0.0921. The standard InChI is InChI=1S/C18H18O2/c1-15-8-2-5-12-18(15)20-14-17-11-4-3-9-16(17)10-6-7-13-19/h2-5,8-9,11-12,19H,7,13-14H2,1H3. The van der Waals surface area contributed by atoms with Gasteiger partial charge in [0.15, 0.2) is 0 Å². The highest BCUT2D eigenvalue weighted by Crippen LogP contribution is 2.18. The SMILES string of the molecule is Cc1ccccc1OCc1ccccc1C#CCCO. The van der Waals surface area contributed by atoms with Gasteiger partial charge in [-0.05, 0) is 24.6 Å². The third-order valence-electron chi connectivity index (χ3n) is 2.95. The van der Waals surface area contributed by atoms with E-state index in [-0.39, 0.29) is 6.61 Å². The zero-order valence-electron chi connectivity index (χ0n) is 11.6. The smallest absolute Gasteiger partial charge is 0.122 e. The number of hydrogen-bond donors (Lipinski definition) is 1. The summed E-state index contributed by atoms with van der Waals surface area (Å²) in [5.74, 6) is 6.91. The summed E-state index contributed by atoms with van der Waals surface area (Å²) in [4.78, 5) is 0. The van der Waals surface area contributed by atoms with E-state index in [9.17, 15) is 0 Å². The lowest BCUT2D eigenvalue weighted by atomic mass is 10.1. The second kappa shape index (κ2) is 7.37. The third-order valence-corrected chi connectivity index (χ3v) is 2.95. The van der Waals surface area contributed by atoms with Crippen molar-refractivity contribution in [2.45, 2.75) is 20.0 Å². The Hall–Kier alpha value is -2.24. The van der Waals surface area contributed by atoms with Crippen LogP contribution in [0.5, 0.6) is 5.75 Å². The molecule has 1 N–H and O–H groups in total. The van der Waals surface area contributed by atoms with Gasteiger partial charge in [0.25, 0.3) is 0 Å². The Kier molecular flexibility index (Phi) is 5.23. The monoisotopic (exact) mass is 266 g/mol. The zero-order valence-corrected chi connectivity index (χ0v) is 11.6. The van der Waals surface area contributed by atoms with Gasteiger partial charge in [0, 0.05) is 17.5 Å². The lowest BCUT2D eigenvalue weighted by Crippen LogP contribution is -1.99. The van der Waals surface area contributed by atoms with E-state index in [0.717, 1.165) is 22.4 Å². The van der Waals surface area contributed by atoms with Crippen LogP contribution in [0.3, 0.4) is 0 Å². The Bertz CT molecular complexity index is 621. The van der Waals surface area contributed by atoms with Gasteiger partial charge < -0.3 is 9.84 Å². The Labute approximate surface area is 120 Å². The summed E-state index contributed by atoms with van der Waals surface area (Å²) < 4.78 is 5.85. The maximum absolute atomic E-state index is 8.77. The fourth-order valence-corrected chi connectivity index (χ4v) is 1.86. The fraction of sp³-hybridized carbons (Fsp3) is 0.222. The van der Waals surface area contributed by atoms with E-state index in [0.29, 0.717) is 13.0 Å². The summed E-state index contributed by atoms with van der Waals surface area (Å²) in [6.45, 7) is 2.62. The van der Waals surface area contributed by atoms with E-state index < -0.39 is 0 Å². The van der Waals surface area contributed by atoms with Crippen LogP contribution in [0.4, 0.5) is 0 Å². The normalized spacial score (nSPS) is 9.70. The van der Waals surface area contributed by atoms with Crippen molar-refractivity contribution in [3.63, 3.8) is 0 Å². The fourth-order valence-electron chi connectivity index (χ4n) is 1.86. The summed E-state index contributed by atoms with van der Waals surface area (Å²) in [7, 11) is 0. The number of hydrogen-bond acceptors (Lipinski definition) is 2. The summed E-state index contributed by atoms with van der Waals surface area (Å²) in [6.07, 6.45) is 0.493. The van der Waals surface area contributed by atoms with Gasteiger partial charge in [-0.15, -0.1) is 0 Å². The third kappa shape index (κ3) is 3.88. The summed E-state index contributed by atoms with van der Waals surface area (Å²) >= 11 is 0. The van der Waals surface area contributed by atoms with Crippen LogP contribution in [0.2, 0.25) is 0 Å². The van der Waals surface area contributed by atoms with Gasteiger partial charge in [-0.3, -0.25) is 0 Å². The Morgan fingerprint density at radius 1 is 1.05 bits per heavy atom. The van der Waals surface area contributed by atoms with Gasteiger partial charge in [-0.2, -0.15) is 0 Å². The maximum Gasteiger partial charge on any atom is 0.122 e. The molecule has 2 aromatic carbocycles. The number of aryl methyl sites for hydroxylation is 1. The zero-order chi connectivity index (χ0) is 14.2. The van der Waals surface area contributed by atoms with Crippen LogP contribution in [0.15, 0.2) is 48.5 Å². The van der Waals surface area contributed by atoms with Gasteiger partial charge >= 0.3 is 0 Å². The molecule has 20 heavy (non-hydrogen) atoms. The molecule has 0 aliphatic carbocycles. The first kappa shape index (κ1) is 14.2. The molecule has 102 valence electrons. The van der Waals surface area contributed by atoms with Crippen LogP contribution in [-0.4, -0.2) is 11.7 Å². The second-order valence-electron chi connectivity index (χ2n) is 4.49. The van der Waals surface area contributed by atoms with E-state index in [4.69, 9.17) is 9.84 Å². The molecule has 0 unspecified atom stereocenters. The molecule has 0 aromatic heterocycles.